The van der Waals surface area contributed by atoms with E-state index in [2.05, 4.69) is 13.8 Å². The number of benzene rings is 2. The number of allylic oxidation sites excluding steroid dienone is 1. The van der Waals surface area contributed by atoms with Crippen LogP contribution in [0.1, 0.15) is 36.2 Å². The third-order valence-corrected chi connectivity index (χ3v) is 4.78. The van der Waals surface area contributed by atoms with Crippen LogP contribution >= 0.6 is 11.8 Å². The number of carbonyl (C=O) groups is 1. The molecule has 3 heteroatoms. The summed E-state index contributed by atoms with van der Waals surface area (Å²) in [6.07, 6.45) is 3.04. The molecule has 0 aromatic heterocycles. The first-order chi connectivity index (χ1) is 10.7. The van der Waals surface area contributed by atoms with Crippen LogP contribution in [0, 0.1) is 0 Å². The van der Waals surface area contributed by atoms with E-state index in [1.165, 1.54) is 11.8 Å². The van der Waals surface area contributed by atoms with Crippen LogP contribution < -0.4 is 4.74 Å². The minimum Gasteiger partial charge on any atom is -0.490 e. The standard InChI is InChI=1S/C19H18O2S/c1-3-13(2)21-16-10-6-4-8-14(16)12-18-19(20)15-9-5-7-11-17(15)22-18/h4-13H,3H2,1-2H3/b18-12-/t13-/m0/s1. The summed E-state index contributed by atoms with van der Waals surface area (Å²) in [5.74, 6) is 0.924. The average molecular weight is 310 g/mol. The molecule has 1 heterocycles. The first kappa shape index (κ1) is 14.9. The van der Waals surface area contributed by atoms with Crippen molar-refractivity contribution < 1.29 is 9.53 Å². The molecule has 0 radical (unpaired) electrons. The molecule has 0 unspecified atom stereocenters. The Morgan fingerprint density at radius 2 is 1.86 bits per heavy atom. The Labute approximate surface area is 135 Å². The molecule has 0 bridgehead atoms. The second kappa shape index (κ2) is 6.41. The lowest BCUT2D eigenvalue weighted by Crippen LogP contribution is -2.10. The summed E-state index contributed by atoms with van der Waals surface area (Å²) in [6, 6.07) is 15.6. The molecule has 0 saturated carbocycles. The van der Waals surface area contributed by atoms with Crippen molar-refractivity contribution in [1.82, 2.24) is 0 Å². The second-order valence-electron chi connectivity index (χ2n) is 5.31. The monoisotopic (exact) mass is 310 g/mol. The van der Waals surface area contributed by atoms with E-state index in [-0.39, 0.29) is 11.9 Å². The Hall–Kier alpha value is -2.00. The quantitative estimate of drug-likeness (QED) is 0.727. The third kappa shape index (κ3) is 2.95. The number of hydrogen-bond donors (Lipinski definition) is 0. The highest BCUT2D eigenvalue weighted by Crippen LogP contribution is 2.41. The predicted octanol–water partition coefficient (Wildman–Crippen LogP) is 5.19. The fourth-order valence-electron chi connectivity index (χ4n) is 2.28. The maximum Gasteiger partial charge on any atom is 0.200 e. The first-order valence-corrected chi connectivity index (χ1v) is 8.29. The largest absolute Gasteiger partial charge is 0.490 e. The van der Waals surface area contributed by atoms with Crippen molar-refractivity contribution >= 4 is 23.6 Å². The SMILES string of the molecule is CC[C@H](C)Oc1ccccc1/C=C1\Sc2ccccc2C1=O. The van der Waals surface area contributed by atoms with Crippen LogP contribution in [0.25, 0.3) is 6.08 Å². The van der Waals surface area contributed by atoms with Gasteiger partial charge in [0.1, 0.15) is 5.75 Å². The average Bonchev–Trinajstić information content (AvgIpc) is 2.86. The van der Waals surface area contributed by atoms with Gasteiger partial charge in [-0.15, -0.1) is 0 Å². The number of fused-ring (bicyclic) bond motifs is 1. The number of carbonyl (C=O) groups excluding carboxylic acids is 1. The maximum absolute atomic E-state index is 12.5. The van der Waals surface area contributed by atoms with Crippen LogP contribution in [-0.2, 0) is 0 Å². The number of ketones is 1. The minimum atomic E-state index is 0.0962. The van der Waals surface area contributed by atoms with Crippen molar-refractivity contribution in [2.45, 2.75) is 31.3 Å². The molecule has 2 aromatic carbocycles. The van der Waals surface area contributed by atoms with Crippen molar-refractivity contribution in [3.05, 3.63) is 64.6 Å². The van der Waals surface area contributed by atoms with Gasteiger partial charge in [0.15, 0.2) is 0 Å². The first-order valence-electron chi connectivity index (χ1n) is 7.48. The molecule has 0 N–H and O–H groups in total. The van der Waals surface area contributed by atoms with E-state index >= 15 is 0 Å². The Morgan fingerprint density at radius 1 is 1.14 bits per heavy atom. The normalized spacial score (nSPS) is 16.6. The summed E-state index contributed by atoms with van der Waals surface area (Å²) >= 11 is 1.53. The van der Waals surface area contributed by atoms with Gasteiger partial charge in [0.05, 0.1) is 11.0 Å². The highest BCUT2D eigenvalue weighted by atomic mass is 32.2. The van der Waals surface area contributed by atoms with E-state index in [1.54, 1.807) is 0 Å². The van der Waals surface area contributed by atoms with E-state index in [0.717, 1.165) is 33.1 Å². The zero-order chi connectivity index (χ0) is 15.5. The number of Topliss-reactive ketones (excluding diaryl/α,β-unsaturated/α-hetero) is 1. The lowest BCUT2D eigenvalue weighted by atomic mass is 10.1. The molecule has 22 heavy (non-hydrogen) atoms. The molecule has 2 nitrogen and oxygen atoms in total. The summed E-state index contributed by atoms with van der Waals surface area (Å²) in [5, 5.41) is 0. The summed E-state index contributed by atoms with van der Waals surface area (Å²) in [7, 11) is 0. The zero-order valence-electron chi connectivity index (χ0n) is 12.7. The lowest BCUT2D eigenvalue weighted by Gasteiger charge is -2.14. The molecule has 1 aliphatic heterocycles. The predicted molar refractivity (Wildman–Crippen MR) is 91.4 cm³/mol. The van der Waals surface area contributed by atoms with Gasteiger partial charge in [0.2, 0.25) is 5.78 Å². The number of thioether (sulfide) groups is 1. The fraction of sp³-hybridized carbons (Fsp3) is 0.211. The Morgan fingerprint density at radius 3 is 2.64 bits per heavy atom. The van der Waals surface area contributed by atoms with E-state index in [1.807, 2.05) is 54.6 Å². The Balaban J connectivity index is 1.92. The number of ether oxygens (including phenoxy) is 1. The summed E-state index contributed by atoms with van der Waals surface area (Å²) in [5.41, 5.74) is 1.74. The summed E-state index contributed by atoms with van der Waals surface area (Å²) in [6.45, 7) is 4.15. The van der Waals surface area contributed by atoms with Gasteiger partial charge in [-0.05, 0) is 37.6 Å². The number of hydrogen-bond acceptors (Lipinski definition) is 3. The summed E-state index contributed by atoms with van der Waals surface area (Å²) < 4.78 is 5.95. The molecule has 0 saturated heterocycles. The fourth-order valence-corrected chi connectivity index (χ4v) is 3.33. The maximum atomic E-state index is 12.5. The van der Waals surface area contributed by atoms with Crippen LogP contribution in [0.2, 0.25) is 0 Å². The number of para-hydroxylation sites is 1. The lowest BCUT2D eigenvalue weighted by molar-refractivity contribution is 0.104. The topological polar surface area (TPSA) is 26.3 Å². The van der Waals surface area contributed by atoms with Gasteiger partial charge in [-0.1, -0.05) is 49.0 Å². The van der Waals surface area contributed by atoms with Gasteiger partial charge in [-0.3, -0.25) is 4.79 Å². The van der Waals surface area contributed by atoms with E-state index in [9.17, 15) is 4.79 Å². The molecule has 2 aromatic rings. The molecule has 0 fully saturated rings. The third-order valence-electron chi connectivity index (χ3n) is 3.68. The molecular weight excluding hydrogens is 292 g/mol. The number of rotatable bonds is 4. The van der Waals surface area contributed by atoms with Crippen LogP contribution in [-0.4, -0.2) is 11.9 Å². The molecule has 0 aliphatic carbocycles. The van der Waals surface area contributed by atoms with Crippen molar-refractivity contribution in [2.75, 3.05) is 0 Å². The van der Waals surface area contributed by atoms with Crippen LogP contribution in [0.3, 0.4) is 0 Å². The van der Waals surface area contributed by atoms with Gasteiger partial charge in [-0.25, -0.2) is 0 Å². The molecule has 1 atom stereocenters. The minimum absolute atomic E-state index is 0.0962. The molecule has 0 amide bonds. The van der Waals surface area contributed by atoms with Crippen molar-refractivity contribution in [2.24, 2.45) is 0 Å². The highest BCUT2D eigenvalue weighted by molar-refractivity contribution is 8.04. The van der Waals surface area contributed by atoms with Crippen LogP contribution in [0.4, 0.5) is 0 Å². The van der Waals surface area contributed by atoms with Gasteiger partial charge >= 0.3 is 0 Å². The van der Waals surface area contributed by atoms with E-state index in [0.29, 0.717) is 0 Å². The molecular formula is C19H18O2S. The Kier molecular flexibility index (Phi) is 4.34. The van der Waals surface area contributed by atoms with Gasteiger partial charge in [-0.2, -0.15) is 0 Å². The molecule has 3 rings (SSSR count). The second-order valence-corrected chi connectivity index (χ2v) is 6.39. The van der Waals surface area contributed by atoms with Crippen molar-refractivity contribution in [3.8, 4) is 5.75 Å². The van der Waals surface area contributed by atoms with Crippen LogP contribution in [0.15, 0.2) is 58.3 Å². The zero-order valence-corrected chi connectivity index (χ0v) is 13.5. The van der Waals surface area contributed by atoms with Gasteiger partial charge < -0.3 is 4.74 Å². The van der Waals surface area contributed by atoms with Crippen LogP contribution in [0.5, 0.6) is 5.75 Å². The van der Waals surface area contributed by atoms with E-state index in [4.69, 9.17) is 4.74 Å². The van der Waals surface area contributed by atoms with Gasteiger partial charge in [0.25, 0.3) is 0 Å². The molecule has 0 spiro atoms. The molecule has 1 aliphatic rings. The van der Waals surface area contributed by atoms with Crippen molar-refractivity contribution in [1.29, 1.82) is 0 Å². The van der Waals surface area contributed by atoms with Gasteiger partial charge in [0, 0.05) is 16.0 Å². The van der Waals surface area contributed by atoms with Crippen molar-refractivity contribution in [3.63, 3.8) is 0 Å². The highest BCUT2D eigenvalue weighted by Gasteiger charge is 2.25. The smallest absolute Gasteiger partial charge is 0.200 e. The summed E-state index contributed by atoms with van der Waals surface area (Å²) in [4.78, 5) is 14.2. The van der Waals surface area contributed by atoms with E-state index < -0.39 is 0 Å². The molecule has 112 valence electrons. The Bertz CT molecular complexity index is 734.